The van der Waals surface area contributed by atoms with Gasteiger partial charge in [0.2, 0.25) is 0 Å². The first-order chi connectivity index (χ1) is 12.2. The van der Waals surface area contributed by atoms with Crippen LogP contribution in [0.4, 0.5) is 0 Å². The molecule has 1 saturated heterocycles. The van der Waals surface area contributed by atoms with Gasteiger partial charge in [-0.15, -0.1) is 0 Å². The monoisotopic (exact) mass is 339 g/mol. The van der Waals surface area contributed by atoms with Gasteiger partial charge in [-0.25, -0.2) is 4.98 Å². The molecule has 130 valence electrons. The maximum absolute atomic E-state index is 12.6. The lowest BCUT2D eigenvalue weighted by atomic mass is 10.1. The summed E-state index contributed by atoms with van der Waals surface area (Å²) in [6, 6.07) is 7.52. The Kier molecular flexibility index (Phi) is 4.28. The van der Waals surface area contributed by atoms with E-state index in [0.29, 0.717) is 17.1 Å². The van der Waals surface area contributed by atoms with Crippen LogP contribution in [0.1, 0.15) is 19.3 Å². The lowest BCUT2D eigenvalue weighted by Gasteiger charge is -2.23. The van der Waals surface area contributed by atoms with E-state index in [1.807, 2.05) is 35.0 Å². The molecule has 1 unspecified atom stereocenters. The smallest absolute Gasteiger partial charge is 0.259 e. The number of rotatable bonds is 4. The number of hydrogen-bond acceptors (Lipinski definition) is 4. The summed E-state index contributed by atoms with van der Waals surface area (Å²) in [5, 5.41) is 0.943. The van der Waals surface area contributed by atoms with Gasteiger partial charge < -0.3 is 19.0 Å². The first-order valence-corrected chi connectivity index (χ1v) is 8.59. The molecule has 1 aliphatic heterocycles. The van der Waals surface area contributed by atoms with Crippen LogP contribution in [0.5, 0.6) is 5.75 Å². The molecule has 0 aliphatic carbocycles. The molecule has 6 nitrogen and oxygen atoms in total. The maximum Gasteiger partial charge on any atom is 0.259 e. The quantitative estimate of drug-likeness (QED) is 0.793. The zero-order valence-corrected chi connectivity index (χ0v) is 14.2. The summed E-state index contributed by atoms with van der Waals surface area (Å²) in [4.78, 5) is 19.9. The van der Waals surface area contributed by atoms with E-state index in [1.165, 1.54) is 6.42 Å². The Morgan fingerprint density at radius 1 is 1.36 bits per heavy atom. The van der Waals surface area contributed by atoms with Crippen molar-refractivity contribution in [2.75, 3.05) is 13.7 Å². The third-order valence-electron chi connectivity index (χ3n) is 4.68. The molecule has 2 aromatic heterocycles. The Morgan fingerprint density at radius 3 is 3.08 bits per heavy atom. The number of methoxy groups -OCH3 is 1. The minimum absolute atomic E-state index is 0.155. The first kappa shape index (κ1) is 15.9. The summed E-state index contributed by atoms with van der Waals surface area (Å²) in [7, 11) is 1.61. The van der Waals surface area contributed by atoms with Gasteiger partial charge in [-0.3, -0.25) is 4.79 Å². The summed E-state index contributed by atoms with van der Waals surface area (Å²) in [6.07, 6.45) is 7.19. The molecule has 25 heavy (non-hydrogen) atoms. The summed E-state index contributed by atoms with van der Waals surface area (Å²) in [5.41, 5.74) is 1.16. The molecular formula is C19H21N3O3. The second kappa shape index (κ2) is 6.72. The predicted molar refractivity (Wildman–Crippen MR) is 95.9 cm³/mol. The van der Waals surface area contributed by atoms with Crippen molar-refractivity contribution in [3.05, 3.63) is 47.0 Å². The molecule has 1 aromatic carbocycles. The largest absolute Gasteiger partial charge is 0.497 e. The topological polar surface area (TPSA) is 69.1 Å². The van der Waals surface area contributed by atoms with Crippen LogP contribution in [0.2, 0.25) is 0 Å². The molecule has 4 rings (SSSR count). The third-order valence-corrected chi connectivity index (χ3v) is 4.68. The number of fused-ring (bicyclic) bond motifs is 1. The van der Waals surface area contributed by atoms with E-state index in [9.17, 15) is 4.79 Å². The maximum atomic E-state index is 12.6. The second-order valence-electron chi connectivity index (χ2n) is 6.36. The number of pyridine rings is 1. The molecule has 0 bridgehead atoms. The summed E-state index contributed by atoms with van der Waals surface area (Å²) < 4.78 is 13.0. The van der Waals surface area contributed by atoms with Crippen molar-refractivity contribution in [2.45, 2.75) is 31.9 Å². The Balaban J connectivity index is 1.71. The first-order valence-electron chi connectivity index (χ1n) is 8.59. The zero-order chi connectivity index (χ0) is 17.2. The van der Waals surface area contributed by atoms with Crippen molar-refractivity contribution >= 4 is 10.9 Å². The zero-order valence-electron chi connectivity index (χ0n) is 14.2. The average Bonchev–Trinajstić information content (AvgIpc) is 3.09. The van der Waals surface area contributed by atoms with Crippen LogP contribution in [0.15, 0.2) is 41.5 Å². The van der Waals surface area contributed by atoms with Crippen LogP contribution in [0.3, 0.4) is 0 Å². The van der Waals surface area contributed by atoms with E-state index in [0.717, 1.165) is 36.9 Å². The molecule has 1 fully saturated rings. The Hall–Kier alpha value is -2.60. The number of H-pyrrole nitrogens is 1. The molecule has 1 aliphatic rings. The highest BCUT2D eigenvalue weighted by Gasteiger charge is 2.18. The van der Waals surface area contributed by atoms with Crippen LogP contribution < -0.4 is 10.3 Å². The van der Waals surface area contributed by atoms with E-state index >= 15 is 0 Å². The van der Waals surface area contributed by atoms with Crippen molar-refractivity contribution in [3.8, 4) is 17.1 Å². The number of aromatic nitrogens is 3. The number of nitrogens with one attached hydrogen (secondary N) is 1. The van der Waals surface area contributed by atoms with Gasteiger partial charge in [-0.1, -0.05) is 0 Å². The highest BCUT2D eigenvalue weighted by Crippen LogP contribution is 2.23. The van der Waals surface area contributed by atoms with Crippen molar-refractivity contribution < 1.29 is 9.47 Å². The van der Waals surface area contributed by atoms with Gasteiger partial charge >= 0.3 is 0 Å². The van der Waals surface area contributed by atoms with E-state index < -0.39 is 0 Å². The SMILES string of the molecule is COc1ccc2cc(-c3nccn3CC3CCCCO3)c(=O)[nH]c2c1. The van der Waals surface area contributed by atoms with Gasteiger partial charge in [0.25, 0.3) is 5.56 Å². The standard InChI is InChI=1S/C19H21N3O3/c1-24-14-6-5-13-10-16(19(23)21-17(13)11-14)18-20-7-8-22(18)12-15-4-2-3-9-25-15/h5-8,10-11,15H,2-4,9,12H2,1H3,(H,21,23). The molecule has 0 spiro atoms. The second-order valence-corrected chi connectivity index (χ2v) is 6.36. The molecule has 6 heteroatoms. The number of aromatic amines is 1. The lowest BCUT2D eigenvalue weighted by Crippen LogP contribution is -2.25. The highest BCUT2D eigenvalue weighted by atomic mass is 16.5. The van der Waals surface area contributed by atoms with Gasteiger partial charge in [0, 0.05) is 25.1 Å². The Labute approximate surface area is 145 Å². The number of imidazole rings is 1. The van der Waals surface area contributed by atoms with Crippen LogP contribution in [0, 0.1) is 0 Å². The lowest BCUT2D eigenvalue weighted by molar-refractivity contribution is 0.00624. The van der Waals surface area contributed by atoms with Crippen LogP contribution in [0.25, 0.3) is 22.3 Å². The highest BCUT2D eigenvalue weighted by molar-refractivity contribution is 5.83. The molecule has 0 amide bonds. The third kappa shape index (κ3) is 3.17. The minimum atomic E-state index is -0.155. The number of nitrogens with zero attached hydrogens (tertiary/aromatic N) is 2. The minimum Gasteiger partial charge on any atom is -0.497 e. The van der Waals surface area contributed by atoms with Crippen molar-refractivity contribution in [1.82, 2.24) is 14.5 Å². The molecule has 3 aromatic rings. The van der Waals surface area contributed by atoms with Crippen LogP contribution in [-0.2, 0) is 11.3 Å². The normalized spacial score (nSPS) is 17.7. The number of benzene rings is 1. The Bertz CT molecular complexity index is 938. The van der Waals surface area contributed by atoms with Gasteiger partial charge in [0.1, 0.15) is 11.6 Å². The molecule has 3 heterocycles. The molecule has 1 N–H and O–H groups in total. The van der Waals surface area contributed by atoms with Crippen LogP contribution in [-0.4, -0.2) is 34.4 Å². The predicted octanol–water partition coefficient (Wildman–Crippen LogP) is 2.97. The van der Waals surface area contributed by atoms with Gasteiger partial charge in [-0.2, -0.15) is 0 Å². The molecular weight excluding hydrogens is 318 g/mol. The van der Waals surface area contributed by atoms with Crippen molar-refractivity contribution in [3.63, 3.8) is 0 Å². The van der Waals surface area contributed by atoms with E-state index in [4.69, 9.17) is 9.47 Å². The fourth-order valence-corrected chi connectivity index (χ4v) is 3.34. The fourth-order valence-electron chi connectivity index (χ4n) is 3.34. The summed E-state index contributed by atoms with van der Waals surface area (Å²) in [5.74, 6) is 1.39. The van der Waals surface area contributed by atoms with Gasteiger partial charge in [0.15, 0.2) is 0 Å². The Morgan fingerprint density at radius 2 is 2.28 bits per heavy atom. The summed E-state index contributed by atoms with van der Waals surface area (Å²) >= 11 is 0. The number of ether oxygens (including phenoxy) is 2. The van der Waals surface area contributed by atoms with Crippen molar-refractivity contribution in [2.24, 2.45) is 0 Å². The fraction of sp³-hybridized carbons (Fsp3) is 0.368. The van der Waals surface area contributed by atoms with Crippen molar-refractivity contribution in [1.29, 1.82) is 0 Å². The van der Waals surface area contributed by atoms with E-state index in [-0.39, 0.29) is 11.7 Å². The van der Waals surface area contributed by atoms with E-state index in [1.54, 1.807) is 13.3 Å². The average molecular weight is 339 g/mol. The van der Waals surface area contributed by atoms with Gasteiger partial charge in [-0.05, 0) is 42.8 Å². The molecule has 0 radical (unpaired) electrons. The molecule has 1 atom stereocenters. The van der Waals surface area contributed by atoms with Crippen LogP contribution >= 0.6 is 0 Å². The van der Waals surface area contributed by atoms with Gasteiger partial charge in [0.05, 0.1) is 30.8 Å². The summed E-state index contributed by atoms with van der Waals surface area (Å²) in [6.45, 7) is 1.53. The molecule has 0 saturated carbocycles. The van der Waals surface area contributed by atoms with E-state index in [2.05, 4.69) is 9.97 Å². The number of hydrogen-bond donors (Lipinski definition) is 1.